The molecule has 0 bridgehead atoms. The number of benzene rings is 1. The Bertz CT molecular complexity index is 1310. The molecular formula is C24H21Cl2N5O2S. The number of carbonyl (C=O) groups excluding carboxylic acids is 1. The topological polar surface area (TPSA) is 63.8 Å². The second-order valence-electron chi connectivity index (χ2n) is 7.47. The van der Waals surface area contributed by atoms with E-state index in [9.17, 15) is 4.79 Å². The number of amides is 1. The Hall–Kier alpha value is -2.85. The second-order valence-corrected chi connectivity index (χ2v) is 9.39. The van der Waals surface area contributed by atoms with Crippen LogP contribution in [0.5, 0.6) is 0 Å². The quantitative estimate of drug-likeness (QED) is 0.300. The fraction of sp³-hybridized carbons (Fsp3) is 0.292. The van der Waals surface area contributed by atoms with E-state index in [-0.39, 0.29) is 5.91 Å². The van der Waals surface area contributed by atoms with Crippen LogP contribution in [0.15, 0.2) is 30.3 Å². The molecule has 1 amide bonds. The fourth-order valence-corrected chi connectivity index (χ4v) is 4.95. The van der Waals surface area contributed by atoms with Gasteiger partial charge in [-0.1, -0.05) is 35.0 Å². The van der Waals surface area contributed by atoms with Gasteiger partial charge in [-0.05, 0) is 37.3 Å². The van der Waals surface area contributed by atoms with Gasteiger partial charge in [0.1, 0.15) is 0 Å². The molecule has 174 valence electrons. The Morgan fingerprint density at radius 3 is 2.82 bits per heavy atom. The molecular weight excluding hydrogens is 493 g/mol. The molecule has 0 radical (unpaired) electrons. The molecule has 0 aliphatic carbocycles. The highest BCUT2D eigenvalue weighted by molar-refractivity contribution is 7.16. The fourth-order valence-electron chi connectivity index (χ4n) is 3.49. The molecule has 1 aliphatic heterocycles. The molecule has 1 fully saturated rings. The molecule has 1 N–H and O–H groups in total. The van der Waals surface area contributed by atoms with Crippen molar-refractivity contribution in [3.05, 3.63) is 67.9 Å². The summed E-state index contributed by atoms with van der Waals surface area (Å²) in [4.78, 5) is 18.2. The average molecular weight is 514 g/mol. The van der Waals surface area contributed by atoms with Gasteiger partial charge in [0.25, 0.3) is 5.91 Å². The minimum atomic E-state index is -0.291. The van der Waals surface area contributed by atoms with Crippen LogP contribution in [0.1, 0.15) is 27.3 Å². The van der Waals surface area contributed by atoms with Crippen molar-refractivity contribution in [1.82, 2.24) is 20.2 Å². The van der Waals surface area contributed by atoms with Crippen molar-refractivity contribution < 1.29 is 9.53 Å². The molecule has 1 saturated heterocycles. The van der Waals surface area contributed by atoms with Crippen molar-refractivity contribution in [3.63, 3.8) is 0 Å². The molecule has 7 nitrogen and oxygen atoms in total. The Kier molecular flexibility index (Phi) is 7.89. The first kappa shape index (κ1) is 24.3. The smallest absolute Gasteiger partial charge is 0.286 e. The zero-order valence-electron chi connectivity index (χ0n) is 18.4. The van der Waals surface area contributed by atoms with E-state index in [1.807, 2.05) is 24.1 Å². The molecule has 4 rings (SSSR count). The SMILES string of the molecule is [C-]#[N+]CCC#Cc1ccc(-c2c(C)c(C(=O)NN3CCOCC3)nn2-c2ccc(Cl)cc2Cl)s1. The lowest BCUT2D eigenvalue weighted by atomic mass is 10.1. The summed E-state index contributed by atoms with van der Waals surface area (Å²) < 4.78 is 7.04. The van der Waals surface area contributed by atoms with E-state index in [4.69, 9.17) is 34.5 Å². The third kappa shape index (κ3) is 5.44. The van der Waals surface area contributed by atoms with Crippen molar-refractivity contribution >= 4 is 40.4 Å². The van der Waals surface area contributed by atoms with E-state index in [2.05, 4.69) is 27.2 Å². The number of nitrogens with one attached hydrogen (secondary N) is 1. The minimum Gasteiger partial charge on any atom is -0.379 e. The van der Waals surface area contributed by atoms with Crippen LogP contribution in [0, 0.1) is 25.3 Å². The third-order valence-electron chi connectivity index (χ3n) is 5.15. The Labute approximate surface area is 212 Å². The van der Waals surface area contributed by atoms with Gasteiger partial charge in [0.15, 0.2) is 5.69 Å². The van der Waals surface area contributed by atoms with Gasteiger partial charge < -0.3 is 9.58 Å². The van der Waals surface area contributed by atoms with Crippen LogP contribution < -0.4 is 5.43 Å². The zero-order valence-corrected chi connectivity index (χ0v) is 20.7. The molecule has 0 spiro atoms. The lowest BCUT2D eigenvalue weighted by molar-refractivity contribution is 0.0124. The highest BCUT2D eigenvalue weighted by Crippen LogP contribution is 2.36. The molecule has 0 unspecified atom stereocenters. The number of rotatable bonds is 5. The summed E-state index contributed by atoms with van der Waals surface area (Å²) in [6.07, 6.45) is 0.528. The van der Waals surface area contributed by atoms with Gasteiger partial charge in [0.2, 0.25) is 6.54 Å². The number of thiophene rings is 1. The van der Waals surface area contributed by atoms with Gasteiger partial charge in [-0.3, -0.25) is 10.2 Å². The van der Waals surface area contributed by atoms with Crippen LogP contribution in [0.2, 0.25) is 10.0 Å². The molecule has 1 aliphatic rings. The number of nitrogens with zero attached hydrogens (tertiary/aromatic N) is 4. The van der Waals surface area contributed by atoms with Gasteiger partial charge in [0, 0.05) is 23.7 Å². The highest BCUT2D eigenvalue weighted by Gasteiger charge is 2.25. The van der Waals surface area contributed by atoms with Crippen LogP contribution in [0.4, 0.5) is 0 Å². The van der Waals surface area contributed by atoms with E-state index >= 15 is 0 Å². The zero-order chi connectivity index (χ0) is 24.1. The molecule has 3 heterocycles. The van der Waals surface area contributed by atoms with Crippen LogP contribution in [0.25, 0.3) is 21.1 Å². The summed E-state index contributed by atoms with van der Waals surface area (Å²) >= 11 is 14.1. The van der Waals surface area contributed by atoms with Crippen molar-refractivity contribution in [2.45, 2.75) is 13.3 Å². The van der Waals surface area contributed by atoms with Gasteiger partial charge in [-0.25, -0.2) is 16.3 Å². The number of aromatic nitrogens is 2. The molecule has 1 aromatic carbocycles. The van der Waals surface area contributed by atoms with E-state index in [0.29, 0.717) is 60.7 Å². The van der Waals surface area contributed by atoms with E-state index < -0.39 is 0 Å². The van der Waals surface area contributed by atoms with Crippen LogP contribution in [0.3, 0.4) is 0 Å². The van der Waals surface area contributed by atoms with Crippen molar-refractivity contribution in [3.8, 4) is 28.1 Å². The van der Waals surface area contributed by atoms with Crippen molar-refractivity contribution in [2.75, 3.05) is 32.8 Å². The van der Waals surface area contributed by atoms with Crippen LogP contribution in [-0.4, -0.2) is 53.5 Å². The maximum absolute atomic E-state index is 13.1. The first-order valence-electron chi connectivity index (χ1n) is 10.6. The Balaban J connectivity index is 1.74. The normalized spacial score (nSPS) is 13.7. The molecule has 2 aromatic heterocycles. The summed E-state index contributed by atoms with van der Waals surface area (Å²) in [5.74, 6) is 5.83. The van der Waals surface area contributed by atoms with E-state index in [1.165, 1.54) is 11.3 Å². The predicted molar refractivity (Wildman–Crippen MR) is 134 cm³/mol. The lowest BCUT2D eigenvalue weighted by Crippen LogP contribution is -2.48. The number of halogens is 2. The largest absolute Gasteiger partial charge is 0.379 e. The maximum atomic E-state index is 13.1. The van der Waals surface area contributed by atoms with E-state index in [1.54, 1.807) is 22.9 Å². The lowest BCUT2D eigenvalue weighted by Gasteiger charge is -2.26. The number of carbonyl (C=O) groups is 1. The van der Waals surface area contributed by atoms with Gasteiger partial charge in [-0.2, -0.15) is 5.10 Å². The van der Waals surface area contributed by atoms with Crippen LogP contribution >= 0.6 is 34.5 Å². The van der Waals surface area contributed by atoms with E-state index in [0.717, 1.165) is 21.0 Å². The summed E-state index contributed by atoms with van der Waals surface area (Å²) in [5, 5.41) is 7.43. The van der Waals surface area contributed by atoms with Gasteiger partial charge in [-0.15, -0.1) is 11.3 Å². The second kappa shape index (κ2) is 11.1. The Morgan fingerprint density at radius 1 is 1.29 bits per heavy atom. The predicted octanol–water partition coefficient (Wildman–Crippen LogP) is 4.85. The molecule has 10 heteroatoms. The highest BCUT2D eigenvalue weighted by atomic mass is 35.5. The summed E-state index contributed by atoms with van der Waals surface area (Å²) in [6, 6.07) is 9.05. The molecule has 34 heavy (non-hydrogen) atoms. The number of hydrogen-bond donors (Lipinski definition) is 1. The number of ether oxygens (including phenoxy) is 1. The van der Waals surface area contributed by atoms with Gasteiger partial charge >= 0.3 is 0 Å². The molecule has 0 atom stereocenters. The third-order valence-corrected chi connectivity index (χ3v) is 6.69. The monoisotopic (exact) mass is 513 g/mol. The number of hydrazine groups is 1. The van der Waals surface area contributed by atoms with Crippen molar-refractivity contribution in [2.24, 2.45) is 0 Å². The molecule has 0 saturated carbocycles. The first-order chi connectivity index (χ1) is 16.5. The maximum Gasteiger partial charge on any atom is 0.286 e. The standard InChI is InChI=1S/C24H21Cl2N5O2S/c1-16-22(24(32)29-30-11-13-33-14-12-30)28-31(20-8-6-17(25)15-19(20)26)23(16)21-9-7-18(34-21)5-3-4-10-27-2/h6-9,15H,4,10-14H2,1H3,(H,29,32). The van der Waals surface area contributed by atoms with Gasteiger partial charge in [0.05, 0.1) is 45.8 Å². The Morgan fingerprint density at radius 2 is 2.09 bits per heavy atom. The average Bonchev–Trinajstić information content (AvgIpc) is 3.41. The number of morpholine rings is 1. The summed E-state index contributed by atoms with van der Waals surface area (Å²) in [5.41, 5.74) is 5.35. The minimum absolute atomic E-state index is 0.291. The van der Waals surface area contributed by atoms with Crippen LogP contribution in [-0.2, 0) is 4.74 Å². The van der Waals surface area contributed by atoms with Crippen molar-refractivity contribution in [1.29, 1.82) is 0 Å². The summed E-state index contributed by atoms with van der Waals surface area (Å²) in [7, 11) is 0. The summed E-state index contributed by atoms with van der Waals surface area (Å²) in [6.45, 7) is 11.5. The number of hydrogen-bond acceptors (Lipinski definition) is 5. The molecule has 3 aromatic rings. The first-order valence-corrected chi connectivity index (χ1v) is 12.2.